The van der Waals surface area contributed by atoms with Crippen LogP contribution in [0.2, 0.25) is 0 Å². The van der Waals surface area contributed by atoms with E-state index in [-0.39, 0.29) is 18.6 Å². The van der Waals surface area contributed by atoms with E-state index in [0.29, 0.717) is 6.42 Å². The van der Waals surface area contributed by atoms with Crippen molar-refractivity contribution in [3.05, 3.63) is 12.2 Å². The highest BCUT2D eigenvalue weighted by Crippen LogP contribution is 2.11. The van der Waals surface area contributed by atoms with Crippen LogP contribution in [0.3, 0.4) is 0 Å². The minimum atomic E-state index is -0.126. The lowest BCUT2D eigenvalue weighted by molar-refractivity contribution is -0.122. The van der Waals surface area contributed by atoms with Crippen molar-refractivity contribution in [2.24, 2.45) is 0 Å². The number of aliphatic hydroxyl groups excluding tert-OH is 1. The fourth-order valence-electron chi connectivity index (χ4n) is 3.10. The van der Waals surface area contributed by atoms with Crippen LogP contribution < -0.4 is 5.32 Å². The standard InChI is InChI=1S/C23H45NO2/c1-3-4-5-6-7-8-9-10-11-12-13-14-15-16-17-18-19-20-23(26)24-22(2)21-25/h13-14,22,25H,3-12,15-21H2,1-2H3,(H,24,26). The summed E-state index contributed by atoms with van der Waals surface area (Å²) in [7, 11) is 0. The first-order valence-electron chi connectivity index (χ1n) is 11.3. The van der Waals surface area contributed by atoms with Crippen LogP contribution in [0.25, 0.3) is 0 Å². The zero-order valence-electron chi connectivity index (χ0n) is 17.6. The number of carbonyl (C=O) groups is 1. The second-order valence-electron chi connectivity index (χ2n) is 7.69. The normalized spacial score (nSPS) is 12.6. The predicted molar refractivity (Wildman–Crippen MR) is 113 cm³/mol. The number of aliphatic hydroxyl groups is 1. The largest absolute Gasteiger partial charge is 0.394 e. The number of rotatable bonds is 19. The Morgan fingerprint density at radius 2 is 1.27 bits per heavy atom. The summed E-state index contributed by atoms with van der Waals surface area (Å²) in [5, 5.41) is 11.7. The van der Waals surface area contributed by atoms with Gasteiger partial charge >= 0.3 is 0 Å². The number of unbranched alkanes of at least 4 members (excludes halogenated alkanes) is 13. The molecule has 0 rings (SSSR count). The molecule has 0 heterocycles. The van der Waals surface area contributed by atoms with Gasteiger partial charge in [0.25, 0.3) is 0 Å². The summed E-state index contributed by atoms with van der Waals surface area (Å²) < 4.78 is 0. The van der Waals surface area contributed by atoms with Gasteiger partial charge in [-0.15, -0.1) is 0 Å². The van der Waals surface area contributed by atoms with Gasteiger partial charge in [0.05, 0.1) is 6.61 Å². The van der Waals surface area contributed by atoms with Crippen molar-refractivity contribution in [1.82, 2.24) is 5.32 Å². The minimum absolute atomic E-state index is 0.0110. The van der Waals surface area contributed by atoms with Crippen LogP contribution in [0.1, 0.15) is 117 Å². The van der Waals surface area contributed by atoms with Gasteiger partial charge in [-0.25, -0.2) is 0 Å². The molecule has 0 saturated carbocycles. The average Bonchev–Trinajstić information content (AvgIpc) is 2.64. The Kier molecular flexibility index (Phi) is 19.8. The van der Waals surface area contributed by atoms with E-state index in [2.05, 4.69) is 24.4 Å². The van der Waals surface area contributed by atoms with Gasteiger partial charge in [0.1, 0.15) is 0 Å². The molecule has 1 amide bonds. The smallest absolute Gasteiger partial charge is 0.220 e. The lowest BCUT2D eigenvalue weighted by Gasteiger charge is -2.10. The minimum Gasteiger partial charge on any atom is -0.394 e. The molecule has 0 aliphatic rings. The first-order chi connectivity index (χ1) is 12.7. The van der Waals surface area contributed by atoms with Gasteiger partial charge in [0, 0.05) is 12.5 Å². The second-order valence-corrected chi connectivity index (χ2v) is 7.69. The predicted octanol–water partition coefficient (Wildman–Crippen LogP) is 6.30. The summed E-state index contributed by atoms with van der Waals surface area (Å²) in [6, 6.07) is -0.126. The monoisotopic (exact) mass is 367 g/mol. The van der Waals surface area contributed by atoms with Gasteiger partial charge in [0.15, 0.2) is 0 Å². The number of amides is 1. The first kappa shape index (κ1) is 25.2. The molecule has 0 aromatic carbocycles. The van der Waals surface area contributed by atoms with E-state index < -0.39 is 0 Å². The second kappa shape index (κ2) is 20.5. The zero-order valence-corrected chi connectivity index (χ0v) is 17.6. The van der Waals surface area contributed by atoms with Crippen LogP contribution in [-0.4, -0.2) is 23.7 Å². The maximum atomic E-state index is 11.5. The molecule has 2 N–H and O–H groups in total. The van der Waals surface area contributed by atoms with Gasteiger partial charge in [-0.05, 0) is 39.0 Å². The molecule has 0 radical (unpaired) electrons. The topological polar surface area (TPSA) is 49.3 Å². The van der Waals surface area contributed by atoms with E-state index in [1.165, 1.54) is 83.5 Å². The van der Waals surface area contributed by atoms with Crippen molar-refractivity contribution in [2.75, 3.05) is 6.61 Å². The Hall–Kier alpha value is -0.830. The molecule has 0 saturated heterocycles. The molecule has 0 aliphatic carbocycles. The van der Waals surface area contributed by atoms with E-state index in [1.54, 1.807) is 0 Å². The number of hydrogen-bond acceptors (Lipinski definition) is 2. The summed E-state index contributed by atoms with van der Waals surface area (Å²) in [6.07, 6.45) is 24.8. The highest BCUT2D eigenvalue weighted by molar-refractivity contribution is 5.76. The molecule has 1 unspecified atom stereocenters. The molecule has 3 heteroatoms. The highest BCUT2D eigenvalue weighted by Gasteiger charge is 2.04. The van der Waals surface area contributed by atoms with Crippen molar-refractivity contribution in [2.45, 2.75) is 123 Å². The van der Waals surface area contributed by atoms with Crippen LogP contribution in [0.4, 0.5) is 0 Å². The number of allylic oxidation sites excluding steroid dienone is 2. The zero-order chi connectivity index (χ0) is 19.3. The molecular weight excluding hydrogens is 322 g/mol. The van der Waals surface area contributed by atoms with Gasteiger partial charge in [0.2, 0.25) is 5.91 Å². The number of hydrogen-bond donors (Lipinski definition) is 2. The molecule has 0 aromatic rings. The van der Waals surface area contributed by atoms with Crippen molar-refractivity contribution in [3.8, 4) is 0 Å². The molecule has 154 valence electrons. The van der Waals surface area contributed by atoms with Crippen LogP contribution in [0.15, 0.2) is 12.2 Å². The van der Waals surface area contributed by atoms with E-state index in [4.69, 9.17) is 5.11 Å². The number of nitrogens with one attached hydrogen (secondary N) is 1. The third-order valence-electron chi connectivity index (χ3n) is 4.85. The fourth-order valence-corrected chi connectivity index (χ4v) is 3.10. The van der Waals surface area contributed by atoms with Gasteiger partial charge in [-0.1, -0.05) is 83.3 Å². The summed E-state index contributed by atoms with van der Waals surface area (Å²) in [4.78, 5) is 11.5. The Morgan fingerprint density at radius 3 is 1.77 bits per heavy atom. The van der Waals surface area contributed by atoms with Crippen LogP contribution in [0, 0.1) is 0 Å². The van der Waals surface area contributed by atoms with E-state index in [0.717, 1.165) is 12.8 Å². The molecule has 0 aromatic heterocycles. The van der Waals surface area contributed by atoms with Crippen LogP contribution in [-0.2, 0) is 4.79 Å². The lowest BCUT2D eigenvalue weighted by atomic mass is 10.1. The SMILES string of the molecule is CCCCCCCCCCCC=CCCCCCCC(=O)NC(C)CO. The Balaban J connectivity index is 3.21. The molecule has 0 aliphatic heterocycles. The maximum Gasteiger partial charge on any atom is 0.220 e. The molecule has 0 spiro atoms. The molecule has 0 fully saturated rings. The van der Waals surface area contributed by atoms with Crippen molar-refractivity contribution in [1.29, 1.82) is 0 Å². The van der Waals surface area contributed by atoms with Crippen molar-refractivity contribution < 1.29 is 9.90 Å². The Labute approximate surface area is 163 Å². The van der Waals surface area contributed by atoms with Gasteiger partial charge in [-0.2, -0.15) is 0 Å². The quantitative estimate of drug-likeness (QED) is 0.208. The third-order valence-corrected chi connectivity index (χ3v) is 4.85. The summed E-state index contributed by atoms with van der Waals surface area (Å²) in [6.45, 7) is 4.10. The molecule has 26 heavy (non-hydrogen) atoms. The highest BCUT2D eigenvalue weighted by atomic mass is 16.3. The van der Waals surface area contributed by atoms with E-state index in [1.807, 2.05) is 6.92 Å². The Bertz CT molecular complexity index is 328. The fraction of sp³-hybridized carbons (Fsp3) is 0.870. The Morgan fingerprint density at radius 1 is 0.808 bits per heavy atom. The average molecular weight is 368 g/mol. The van der Waals surface area contributed by atoms with Gasteiger partial charge < -0.3 is 10.4 Å². The molecular formula is C23H45NO2. The van der Waals surface area contributed by atoms with E-state index >= 15 is 0 Å². The maximum absolute atomic E-state index is 11.5. The van der Waals surface area contributed by atoms with Crippen molar-refractivity contribution in [3.63, 3.8) is 0 Å². The molecule has 3 nitrogen and oxygen atoms in total. The van der Waals surface area contributed by atoms with Crippen LogP contribution >= 0.6 is 0 Å². The van der Waals surface area contributed by atoms with Crippen molar-refractivity contribution >= 4 is 5.91 Å². The molecule has 1 atom stereocenters. The summed E-state index contributed by atoms with van der Waals surface area (Å²) in [5.74, 6) is 0.0624. The van der Waals surface area contributed by atoms with Crippen LogP contribution in [0.5, 0.6) is 0 Å². The summed E-state index contributed by atoms with van der Waals surface area (Å²) in [5.41, 5.74) is 0. The van der Waals surface area contributed by atoms with E-state index in [9.17, 15) is 4.79 Å². The van der Waals surface area contributed by atoms with Gasteiger partial charge in [-0.3, -0.25) is 4.79 Å². The summed E-state index contributed by atoms with van der Waals surface area (Å²) >= 11 is 0. The molecule has 0 bridgehead atoms. The first-order valence-corrected chi connectivity index (χ1v) is 11.3. The number of carbonyl (C=O) groups excluding carboxylic acids is 1. The third kappa shape index (κ3) is 19.5. The lowest BCUT2D eigenvalue weighted by Crippen LogP contribution is -2.34.